The molecule has 0 fully saturated rings. The number of benzene rings is 1. The van der Waals surface area contributed by atoms with Gasteiger partial charge in [-0.25, -0.2) is 9.37 Å². The molecule has 0 aliphatic carbocycles. The lowest BCUT2D eigenvalue weighted by Crippen LogP contribution is -2.17. The average Bonchev–Trinajstić information content (AvgIpc) is 3.18. The SMILES string of the molecule is O=C(Cc1cc(-c2ccccc2F)co1)C(=O)c1ncn[nH]1. The van der Waals surface area contributed by atoms with Gasteiger partial charge >= 0.3 is 0 Å². The van der Waals surface area contributed by atoms with Gasteiger partial charge in [-0.1, -0.05) is 18.2 Å². The molecule has 1 N–H and O–H groups in total. The lowest BCUT2D eigenvalue weighted by molar-refractivity contribution is -0.114. The van der Waals surface area contributed by atoms with Gasteiger partial charge in [0.2, 0.25) is 5.78 Å². The molecule has 0 saturated heterocycles. The van der Waals surface area contributed by atoms with Crippen LogP contribution in [-0.4, -0.2) is 26.7 Å². The highest BCUT2D eigenvalue weighted by molar-refractivity contribution is 6.42. The van der Waals surface area contributed by atoms with Crippen molar-refractivity contribution in [1.82, 2.24) is 15.2 Å². The second-order valence-electron chi connectivity index (χ2n) is 4.54. The minimum absolute atomic E-state index is 0.120. The quantitative estimate of drug-likeness (QED) is 0.576. The number of aromatic amines is 1. The largest absolute Gasteiger partial charge is 0.468 e. The molecule has 0 spiro atoms. The van der Waals surface area contributed by atoms with Crippen molar-refractivity contribution in [2.24, 2.45) is 0 Å². The maximum atomic E-state index is 13.7. The molecule has 2 heterocycles. The van der Waals surface area contributed by atoms with Crippen molar-refractivity contribution >= 4 is 11.6 Å². The fourth-order valence-electron chi connectivity index (χ4n) is 2.00. The zero-order valence-electron chi connectivity index (χ0n) is 11.2. The Morgan fingerprint density at radius 3 is 2.82 bits per heavy atom. The predicted octanol–water partition coefficient (Wildman–Crippen LogP) is 2.20. The molecule has 0 aliphatic rings. The number of aromatic nitrogens is 3. The molecule has 3 rings (SSSR count). The highest BCUT2D eigenvalue weighted by atomic mass is 19.1. The number of ketones is 2. The molecule has 0 unspecified atom stereocenters. The molecular weight excluding hydrogens is 289 g/mol. The summed E-state index contributed by atoms with van der Waals surface area (Å²) in [4.78, 5) is 27.2. The number of hydrogen-bond acceptors (Lipinski definition) is 5. The lowest BCUT2D eigenvalue weighted by atomic mass is 10.1. The van der Waals surface area contributed by atoms with E-state index >= 15 is 0 Å². The summed E-state index contributed by atoms with van der Waals surface area (Å²) in [7, 11) is 0. The number of nitrogens with one attached hydrogen (secondary N) is 1. The Balaban J connectivity index is 1.76. The van der Waals surface area contributed by atoms with Crippen LogP contribution in [0, 0.1) is 5.82 Å². The molecule has 3 aromatic rings. The van der Waals surface area contributed by atoms with Gasteiger partial charge in [0.25, 0.3) is 5.78 Å². The summed E-state index contributed by atoms with van der Waals surface area (Å²) in [6, 6.07) is 7.75. The second kappa shape index (κ2) is 5.72. The minimum Gasteiger partial charge on any atom is -0.468 e. The van der Waals surface area contributed by atoms with E-state index in [4.69, 9.17) is 4.42 Å². The number of H-pyrrole nitrogens is 1. The van der Waals surface area contributed by atoms with Gasteiger partial charge in [-0.05, 0) is 12.1 Å². The van der Waals surface area contributed by atoms with E-state index < -0.39 is 11.6 Å². The number of hydrogen-bond donors (Lipinski definition) is 1. The van der Waals surface area contributed by atoms with E-state index in [-0.39, 0.29) is 23.8 Å². The van der Waals surface area contributed by atoms with Gasteiger partial charge in [0.15, 0.2) is 5.82 Å². The number of carbonyl (C=O) groups is 2. The topological polar surface area (TPSA) is 88.8 Å². The van der Waals surface area contributed by atoms with Gasteiger partial charge in [0, 0.05) is 11.1 Å². The maximum Gasteiger partial charge on any atom is 0.265 e. The van der Waals surface area contributed by atoms with Crippen LogP contribution in [0.3, 0.4) is 0 Å². The normalized spacial score (nSPS) is 10.6. The van der Waals surface area contributed by atoms with E-state index in [1.807, 2.05) is 0 Å². The first-order valence-corrected chi connectivity index (χ1v) is 6.40. The third-order valence-electron chi connectivity index (χ3n) is 3.06. The van der Waals surface area contributed by atoms with Crippen LogP contribution in [0.5, 0.6) is 0 Å². The van der Waals surface area contributed by atoms with Crippen molar-refractivity contribution in [1.29, 1.82) is 0 Å². The van der Waals surface area contributed by atoms with Gasteiger partial charge in [0.1, 0.15) is 17.9 Å². The third kappa shape index (κ3) is 2.69. The van der Waals surface area contributed by atoms with Gasteiger partial charge in [0.05, 0.1) is 12.7 Å². The van der Waals surface area contributed by atoms with Crippen molar-refractivity contribution in [3.63, 3.8) is 0 Å². The molecule has 0 aliphatic heterocycles. The van der Waals surface area contributed by atoms with Crippen molar-refractivity contribution < 1.29 is 18.4 Å². The third-order valence-corrected chi connectivity index (χ3v) is 3.06. The Hall–Kier alpha value is -3.09. The minimum atomic E-state index is -0.777. The zero-order chi connectivity index (χ0) is 15.5. The molecule has 1 aromatic carbocycles. The Bertz CT molecular complexity index is 824. The van der Waals surface area contributed by atoms with Crippen molar-refractivity contribution in [2.75, 3.05) is 0 Å². The standard InChI is InChI=1S/C15H10FN3O3/c16-12-4-2-1-3-11(12)9-5-10(22-7-9)6-13(20)14(21)15-17-8-18-19-15/h1-5,7-8H,6H2,(H,17,18,19). The van der Waals surface area contributed by atoms with Gasteiger partial charge in [-0.3, -0.25) is 14.7 Å². The fourth-order valence-corrected chi connectivity index (χ4v) is 2.00. The van der Waals surface area contributed by atoms with Crippen LogP contribution < -0.4 is 0 Å². The van der Waals surface area contributed by atoms with Crippen molar-refractivity contribution in [2.45, 2.75) is 6.42 Å². The lowest BCUT2D eigenvalue weighted by Gasteiger charge is -1.97. The van der Waals surface area contributed by atoms with Crippen molar-refractivity contribution in [3.8, 4) is 11.1 Å². The summed E-state index contributed by atoms with van der Waals surface area (Å²) >= 11 is 0. The molecule has 110 valence electrons. The molecule has 2 aromatic heterocycles. The number of carbonyl (C=O) groups excluding carboxylic acids is 2. The molecule has 6 nitrogen and oxygen atoms in total. The summed E-state index contributed by atoms with van der Waals surface area (Å²) in [5.41, 5.74) is 0.875. The summed E-state index contributed by atoms with van der Waals surface area (Å²) in [5.74, 6) is -1.70. The average molecular weight is 299 g/mol. The maximum absolute atomic E-state index is 13.7. The Morgan fingerprint density at radius 1 is 1.27 bits per heavy atom. The monoisotopic (exact) mass is 299 g/mol. The van der Waals surface area contributed by atoms with E-state index in [0.717, 1.165) is 6.33 Å². The van der Waals surface area contributed by atoms with Gasteiger partial charge in [-0.15, -0.1) is 0 Å². The van der Waals surface area contributed by atoms with Crippen LogP contribution in [0.1, 0.15) is 16.4 Å². The van der Waals surface area contributed by atoms with Crippen LogP contribution in [0.4, 0.5) is 4.39 Å². The highest BCUT2D eigenvalue weighted by Gasteiger charge is 2.21. The van der Waals surface area contributed by atoms with Gasteiger partial charge < -0.3 is 4.42 Å². The van der Waals surface area contributed by atoms with E-state index in [1.54, 1.807) is 18.2 Å². The number of rotatable bonds is 5. The second-order valence-corrected chi connectivity index (χ2v) is 4.54. The number of Topliss-reactive ketones (excluding diaryl/α,β-unsaturated/α-hetero) is 2. The molecule has 0 radical (unpaired) electrons. The number of halogens is 1. The Kier molecular flexibility index (Phi) is 3.61. The Labute approximate surface area is 124 Å². The van der Waals surface area contributed by atoms with E-state index in [0.29, 0.717) is 11.1 Å². The fraction of sp³-hybridized carbons (Fsp3) is 0.0667. The van der Waals surface area contributed by atoms with Crippen molar-refractivity contribution in [3.05, 3.63) is 60.3 Å². The number of nitrogens with zero attached hydrogens (tertiary/aromatic N) is 2. The zero-order valence-corrected chi connectivity index (χ0v) is 11.2. The van der Waals surface area contributed by atoms with Crippen LogP contribution in [0.15, 0.2) is 47.3 Å². The molecule has 0 atom stereocenters. The summed E-state index contributed by atoms with van der Waals surface area (Å²) in [6.45, 7) is 0. The number of furan rings is 1. The molecule has 0 saturated carbocycles. The first-order chi connectivity index (χ1) is 10.6. The predicted molar refractivity (Wildman–Crippen MR) is 73.5 cm³/mol. The molecule has 0 bridgehead atoms. The smallest absolute Gasteiger partial charge is 0.265 e. The van der Waals surface area contributed by atoms with Crippen LogP contribution >= 0.6 is 0 Å². The first kappa shape index (κ1) is 13.9. The van der Waals surface area contributed by atoms with Crippen LogP contribution in [-0.2, 0) is 11.2 Å². The van der Waals surface area contributed by atoms with Gasteiger partial charge in [-0.2, -0.15) is 5.10 Å². The van der Waals surface area contributed by atoms with Crippen LogP contribution in [0.25, 0.3) is 11.1 Å². The van der Waals surface area contributed by atoms with E-state index in [2.05, 4.69) is 15.2 Å². The first-order valence-electron chi connectivity index (χ1n) is 6.40. The Morgan fingerprint density at radius 2 is 2.09 bits per heavy atom. The molecular formula is C15H10FN3O3. The molecule has 22 heavy (non-hydrogen) atoms. The summed E-state index contributed by atoms with van der Waals surface area (Å²) in [6.07, 6.45) is 2.26. The summed E-state index contributed by atoms with van der Waals surface area (Å²) < 4.78 is 18.9. The summed E-state index contributed by atoms with van der Waals surface area (Å²) in [5, 5.41) is 5.84. The van der Waals surface area contributed by atoms with Crippen LogP contribution in [0.2, 0.25) is 0 Å². The molecule has 0 amide bonds. The van der Waals surface area contributed by atoms with E-state index in [9.17, 15) is 14.0 Å². The molecule has 7 heteroatoms. The van der Waals surface area contributed by atoms with E-state index in [1.165, 1.54) is 18.4 Å². The highest BCUT2D eigenvalue weighted by Crippen LogP contribution is 2.25.